The Bertz CT molecular complexity index is 901. The largest absolute Gasteiger partial charge is 0.435 e. The smallest absolute Gasteiger partial charge is 0.387 e. The predicted octanol–water partition coefficient (Wildman–Crippen LogP) is 2.99. The number of rotatable bonds is 5. The molecule has 0 bridgehead atoms. The lowest BCUT2D eigenvalue weighted by Gasteiger charge is -2.35. The topological polar surface area (TPSA) is 61.9 Å². The van der Waals surface area contributed by atoms with Crippen molar-refractivity contribution in [1.82, 2.24) is 9.21 Å². The van der Waals surface area contributed by atoms with Gasteiger partial charge in [0.25, 0.3) is 0 Å². The molecule has 0 amide bonds. The predicted molar refractivity (Wildman–Crippen MR) is 106 cm³/mol. The number of benzene rings is 2. The van der Waals surface area contributed by atoms with Crippen LogP contribution in [0, 0.1) is 0 Å². The number of sulfonamides is 1. The normalized spacial score (nSPS) is 15.5. The molecule has 2 aromatic rings. The van der Waals surface area contributed by atoms with E-state index in [4.69, 9.17) is 12.2 Å². The number of hydrogen-bond donors (Lipinski definition) is 1. The van der Waals surface area contributed by atoms with Crippen LogP contribution in [0.25, 0.3) is 0 Å². The lowest BCUT2D eigenvalue weighted by Crippen LogP contribution is -2.51. The number of nitrogens with zero attached hydrogens (tertiary/aromatic N) is 2. The van der Waals surface area contributed by atoms with Crippen molar-refractivity contribution in [2.45, 2.75) is 11.5 Å². The second kappa shape index (κ2) is 8.80. The summed E-state index contributed by atoms with van der Waals surface area (Å²) in [6.45, 7) is -1.33. The monoisotopic (exact) mass is 427 g/mol. The van der Waals surface area contributed by atoms with Crippen LogP contribution in [-0.2, 0) is 10.0 Å². The number of piperazine rings is 1. The van der Waals surface area contributed by atoms with Gasteiger partial charge >= 0.3 is 6.61 Å². The van der Waals surface area contributed by atoms with Crippen LogP contribution >= 0.6 is 12.2 Å². The quantitative estimate of drug-likeness (QED) is 0.741. The van der Waals surface area contributed by atoms with E-state index in [0.29, 0.717) is 37.0 Å². The summed E-state index contributed by atoms with van der Waals surface area (Å²) >= 11 is 5.38. The Kier molecular flexibility index (Phi) is 6.42. The molecule has 3 rings (SSSR count). The zero-order chi connectivity index (χ0) is 20.1. The first kappa shape index (κ1) is 20.4. The van der Waals surface area contributed by atoms with Crippen molar-refractivity contribution in [1.29, 1.82) is 0 Å². The van der Waals surface area contributed by atoms with Crippen LogP contribution in [0.15, 0.2) is 59.5 Å². The van der Waals surface area contributed by atoms with Crippen molar-refractivity contribution in [2.75, 3.05) is 31.5 Å². The summed E-state index contributed by atoms with van der Waals surface area (Å²) in [5, 5.41) is 3.47. The van der Waals surface area contributed by atoms with Gasteiger partial charge in [-0.15, -0.1) is 0 Å². The summed E-state index contributed by atoms with van der Waals surface area (Å²) in [7, 11) is -3.52. The fourth-order valence-electron chi connectivity index (χ4n) is 2.80. The molecule has 0 aliphatic carbocycles. The lowest BCUT2D eigenvalue weighted by atomic mass is 10.3. The summed E-state index contributed by atoms with van der Waals surface area (Å²) in [6.07, 6.45) is 0. The van der Waals surface area contributed by atoms with E-state index in [1.165, 1.54) is 16.4 Å². The molecule has 0 spiro atoms. The third-order valence-electron chi connectivity index (χ3n) is 4.24. The van der Waals surface area contributed by atoms with Gasteiger partial charge in [0.05, 0.1) is 4.90 Å². The van der Waals surface area contributed by atoms with Crippen molar-refractivity contribution < 1.29 is 21.9 Å². The van der Waals surface area contributed by atoms with E-state index in [0.717, 1.165) is 0 Å². The van der Waals surface area contributed by atoms with Crippen molar-refractivity contribution in [3.05, 3.63) is 54.6 Å². The number of alkyl halides is 2. The Labute approximate surface area is 167 Å². The van der Waals surface area contributed by atoms with Crippen LogP contribution in [0.2, 0.25) is 0 Å². The second-order valence-corrected chi connectivity index (χ2v) is 8.36. The molecule has 1 aliphatic rings. The minimum atomic E-state index is -3.52. The minimum Gasteiger partial charge on any atom is -0.435 e. The number of hydrogen-bond acceptors (Lipinski definition) is 4. The Hall–Kier alpha value is -2.30. The zero-order valence-electron chi connectivity index (χ0n) is 14.8. The van der Waals surface area contributed by atoms with Crippen molar-refractivity contribution >= 4 is 33.0 Å². The average Bonchev–Trinajstić information content (AvgIpc) is 2.70. The molecule has 10 heteroatoms. The highest BCUT2D eigenvalue weighted by molar-refractivity contribution is 7.89. The molecule has 6 nitrogen and oxygen atoms in total. The van der Waals surface area contributed by atoms with Gasteiger partial charge in [0.1, 0.15) is 5.75 Å². The molecule has 1 fully saturated rings. The van der Waals surface area contributed by atoms with Crippen LogP contribution < -0.4 is 10.1 Å². The van der Waals surface area contributed by atoms with E-state index >= 15 is 0 Å². The fourth-order valence-corrected chi connectivity index (χ4v) is 4.54. The highest BCUT2D eigenvalue weighted by Crippen LogP contribution is 2.20. The molecule has 0 aromatic heterocycles. The van der Waals surface area contributed by atoms with E-state index in [1.807, 2.05) is 4.90 Å². The van der Waals surface area contributed by atoms with Crippen molar-refractivity contribution in [2.24, 2.45) is 0 Å². The molecule has 2 aromatic carbocycles. The number of anilines is 1. The van der Waals surface area contributed by atoms with Crippen LogP contribution in [-0.4, -0.2) is 55.5 Å². The van der Waals surface area contributed by atoms with E-state index in [2.05, 4.69) is 10.1 Å². The van der Waals surface area contributed by atoms with Gasteiger partial charge in [0.15, 0.2) is 5.11 Å². The molecule has 0 unspecified atom stereocenters. The van der Waals surface area contributed by atoms with Gasteiger partial charge in [-0.3, -0.25) is 0 Å². The average molecular weight is 427 g/mol. The van der Waals surface area contributed by atoms with E-state index in [-0.39, 0.29) is 10.6 Å². The van der Waals surface area contributed by atoms with Gasteiger partial charge in [-0.05, 0) is 48.6 Å². The Morgan fingerprint density at radius 1 is 1.00 bits per heavy atom. The minimum absolute atomic E-state index is 0.0613. The molecular formula is C18H19F2N3O3S2. The summed E-state index contributed by atoms with van der Waals surface area (Å²) in [5.41, 5.74) is 0.631. The van der Waals surface area contributed by atoms with Gasteiger partial charge in [-0.1, -0.05) is 18.2 Å². The SMILES string of the molecule is O=S(=O)(c1ccccc1)N1CCN(C(=S)Nc2ccc(OC(F)F)cc2)CC1. The molecule has 1 N–H and O–H groups in total. The van der Waals surface area contributed by atoms with Gasteiger partial charge in [-0.25, -0.2) is 8.42 Å². The first-order valence-corrected chi connectivity index (χ1v) is 10.4. The first-order chi connectivity index (χ1) is 13.4. The molecular weight excluding hydrogens is 408 g/mol. The van der Waals surface area contributed by atoms with Crippen LogP contribution in [0.1, 0.15) is 0 Å². The maximum atomic E-state index is 12.7. The summed E-state index contributed by atoms with van der Waals surface area (Å²) in [6, 6.07) is 14.3. The van der Waals surface area contributed by atoms with Crippen LogP contribution in [0.3, 0.4) is 0 Å². The third-order valence-corrected chi connectivity index (χ3v) is 6.51. The van der Waals surface area contributed by atoms with Crippen LogP contribution in [0.4, 0.5) is 14.5 Å². The standard InChI is InChI=1S/C18H19F2N3O3S2/c19-17(20)26-15-8-6-14(7-9-15)21-18(27)22-10-12-23(13-11-22)28(24,25)16-4-2-1-3-5-16/h1-9,17H,10-13H2,(H,21,27). The van der Waals surface area contributed by atoms with Crippen molar-refractivity contribution in [3.8, 4) is 5.75 Å². The number of ether oxygens (including phenoxy) is 1. The van der Waals surface area contributed by atoms with Gasteiger partial charge < -0.3 is 15.0 Å². The Morgan fingerprint density at radius 2 is 1.61 bits per heavy atom. The number of halogens is 2. The summed E-state index contributed by atoms with van der Waals surface area (Å²) in [5.74, 6) is 0.0613. The summed E-state index contributed by atoms with van der Waals surface area (Å²) in [4.78, 5) is 2.14. The first-order valence-electron chi connectivity index (χ1n) is 8.52. The molecule has 1 heterocycles. The zero-order valence-corrected chi connectivity index (χ0v) is 16.4. The van der Waals surface area contributed by atoms with Crippen LogP contribution in [0.5, 0.6) is 5.75 Å². The maximum absolute atomic E-state index is 12.7. The van der Waals surface area contributed by atoms with Gasteiger partial charge in [0.2, 0.25) is 10.0 Å². The number of nitrogens with one attached hydrogen (secondary N) is 1. The highest BCUT2D eigenvalue weighted by atomic mass is 32.2. The fraction of sp³-hybridized carbons (Fsp3) is 0.278. The van der Waals surface area contributed by atoms with Crippen molar-refractivity contribution in [3.63, 3.8) is 0 Å². The Morgan fingerprint density at radius 3 is 2.18 bits per heavy atom. The maximum Gasteiger partial charge on any atom is 0.387 e. The highest BCUT2D eigenvalue weighted by Gasteiger charge is 2.29. The second-order valence-electron chi connectivity index (χ2n) is 6.04. The molecule has 0 saturated carbocycles. The Balaban J connectivity index is 1.55. The molecule has 0 atom stereocenters. The number of thiocarbonyl (C=S) groups is 1. The van der Waals surface area contributed by atoms with Gasteiger partial charge in [-0.2, -0.15) is 13.1 Å². The van der Waals surface area contributed by atoms with E-state index in [1.54, 1.807) is 42.5 Å². The van der Waals surface area contributed by atoms with E-state index < -0.39 is 16.6 Å². The molecule has 1 saturated heterocycles. The molecule has 1 aliphatic heterocycles. The molecule has 28 heavy (non-hydrogen) atoms. The molecule has 0 radical (unpaired) electrons. The molecule has 150 valence electrons. The van der Waals surface area contributed by atoms with Gasteiger partial charge in [0, 0.05) is 31.9 Å². The lowest BCUT2D eigenvalue weighted by molar-refractivity contribution is -0.0498. The van der Waals surface area contributed by atoms with E-state index in [9.17, 15) is 17.2 Å². The summed E-state index contributed by atoms with van der Waals surface area (Å²) < 4.78 is 55.4. The third kappa shape index (κ3) is 4.94.